The summed E-state index contributed by atoms with van der Waals surface area (Å²) in [5, 5.41) is 14.0. The van der Waals surface area contributed by atoms with Crippen molar-refractivity contribution >= 4 is 40.1 Å². The van der Waals surface area contributed by atoms with Gasteiger partial charge in [0.05, 0.1) is 22.3 Å². The summed E-state index contributed by atoms with van der Waals surface area (Å²) in [6.07, 6.45) is 5.12. The first kappa shape index (κ1) is 26.7. The minimum Gasteiger partial charge on any atom is -0.480 e. The van der Waals surface area contributed by atoms with Crippen LogP contribution in [0.25, 0.3) is 22.0 Å². The molecule has 4 aromatic rings. The summed E-state index contributed by atoms with van der Waals surface area (Å²) in [6, 6.07) is 11.5. The number of aromatic nitrogens is 3. The lowest BCUT2D eigenvalue weighted by Gasteiger charge is -2.37. The second kappa shape index (κ2) is 11.5. The molecule has 39 heavy (non-hydrogen) atoms. The third-order valence-electron chi connectivity index (χ3n) is 7.07. The van der Waals surface area contributed by atoms with E-state index in [1.165, 1.54) is 6.07 Å². The third-order valence-corrected chi connectivity index (χ3v) is 7.36. The van der Waals surface area contributed by atoms with Gasteiger partial charge in [0.2, 0.25) is 5.95 Å². The molecule has 0 radical (unpaired) electrons. The van der Waals surface area contributed by atoms with Crippen LogP contribution < -0.4 is 16.0 Å². The largest absolute Gasteiger partial charge is 0.480 e. The first-order valence-electron chi connectivity index (χ1n) is 12.7. The van der Waals surface area contributed by atoms with E-state index in [-0.39, 0.29) is 18.4 Å². The average Bonchev–Trinajstić information content (AvgIpc) is 2.95. The standard InChI is InChI=1S/C28H29ClFN7O2/c1-17(20-4-2-3-5-23(20)30)35-26-21-12-18(6-7-24(21)32-16-22(26)29)19-14-33-28(34-15-19)37-10-8-36(9-11-37)25(13-31)27(38)39/h2-7,12,14-17,25H,8-11,13,31H2,1H3,(H,32,35)(H,38,39)/t17-,25?/m1/s1. The van der Waals surface area contributed by atoms with Crippen molar-refractivity contribution in [2.45, 2.75) is 19.0 Å². The first-order chi connectivity index (χ1) is 18.9. The van der Waals surface area contributed by atoms with Crippen molar-refractivity contribution < 1.29 is 14.3 Å². The van der Waals surface area contributed by atoms with Gasteiger partial charge in [-0.2, -0.15) is 0 Å². The van der Waals surface area contributed by atoms with Gasteiger partial charge in [-0.1, -0.05) is 35.9 Å². The Morgan fingerprint density at radius 1 is 1.08 bits per heavy atom. The topological polar surface area (TPSA) is 120 Å². The fourth-order valence-electron chi connectivity index (χ4n) is 4.89. The first-order valence-corrected chi connectivity index (χ1v) is 13.1. The molecular weight excluding hydrogens is 521 g/mol. The van der Waals surface area contributed by atoms with Crippen LogP contribution >= 0.6 is 11.6 Å². The number of aliphatic carboxylic acids is 1. The van der Waals surface area contributed by atoms with E-state index in [0.29, 0.717) is 48.4 Å². The summed E-state index contributed by atoms with van der Waals surface area (Å²) in [5.74, 6) is -0.601. The minimum absolute atomic E-state index is 0.0757. The Bertz CT molecular complexity index is 1480. The Morgan fingerprint density at radius 2 is 1.79 bits per heavy atom. The summed E-state index contributed by atoms with van der Waals surface area (Å²) in [4.78, 5) is 28.9. The Labute approximate surface area is 230 Å². The van der Waals surface area contributed by atoms with Crippen LogP contribution in [-0.4, -0.2) is 69.7 Å². The van der Waals surface area contributed by atoms with Gasteiger partial charge in [0.25, 0.3) is 0 Å². The normalized spacial score (nSPS) is 15.7. The van der Waals surface area contributed by atoms with Crippen molar-refractivity contribution in [3.8, 4) is 11.1 Å². The molecule has 1 fully saturated rings. The van der Waals surface area contributed by atoms with Gasteiger partial charge in [-0.3, -0.25) is 14.7 Å². The van der Waals surface area contributed by atoms with Crippen LogP contribution in [0.3, 0.4) is 0 Å². The van der Waals surface area contributed by atoms with Crippen molar-refractivity contribution in [2.24, 2.45) is 5.73 Å². The highest BCUT2D eigenvalue weighted by Gasteiger charge is 2.28. The van der Waals surface area contributed by atoms with Crippen molar-refractivity contribution in [3.63, 3.8) is 0 Å². The lowest BCUT2D eigenvalue weighted by Crippen LogP contribution is -2.55. The number of carboxylic acids is 1. The molecule has 0 aliphatic carbocycles. The molecule has 1 saturated heterocycles. The molecule has 5 rings (SSSR count). The van der Waals surface area contributed by atoms with Gasteiger partial charge in [-0.05, 0) is 30.7 Å². The molecule has 0 saturated carbocycles. The zero-order valence-corrected chi connectivity index (χ0v) is 22.1. The lowest BCUT2D eigenvalue weighted by atomic mass is 10.0. The Morgan fingerprint density at radius 3 is 2.46 bits per heavy atom. The van der Waals surface area contributed by atoms with Crippen molar-refractivity contribution in [3.05, 3.63) is 77.5 Å². The number of carboxylic acid groups (broad SMARTS) is 1. The van der Waals surface area contributed by atoms with Crippen LogP contribution in [0.5, 0.6) is 0 Å². The fraction of sp³-hybridized carbons (Fsp3) is 0.286. The van der Waals surface area contributed by atoms with Gasteiger partial charge < -0.3 is 21.1 Å². The maximum Gasteiger partial charge on any atom is 0.322 e. The van der Waals surface area contributed by atoms with Gasteiger partial charge in [0.1, 0.15) is 11.9 Å². The number of piperazine rings is 1. The SMILES string of the molecule is C[C@@H](Nc1c(Cl)cnc2ccc(-c3cnc(N4CCN(C(CN)C(=O)O)CC4)nc3)cc12)c1ccccc1F. The molecule has 0 amide bonds. The Hall–Kier alpha value is -3.86. The van der Waals surface area contributed by atoms with Gasteiger partial charge in [-0.15, -0.1) is 0 Å². The van der Waals surface area contributed by atoms with Crippen molar-refractivity contribution in [2.75, 3.05) is 42.9 Å². The molecule has 2 aromatic heterocycles. The quantitative estimate of drug-likeness (QED) is 0.297. The summed E-state index contributed by atoms with van der Waals surface area (Å²) >= 11 is 6.54. The van der Waals surface area contributed by atoms with E-state index >= 15 is 0 Å². The molecule has 1 aliphatic heterocycles. The molecule has 2 atom stereocenters. The van der Waals surface area contributed by atoms with Gasteiger partial charge >= 0.3 is 5.97 Å². The highest BCUT2D eigenvalue weighted by atomic mass is 35.5. The minimum atomic E-state index is -0.904. The highest BCUT2D eigenvalue weighted by Crippen LogP contribution is 2.35. The van der Waals surface area contributed by atoms with E-state index in [4.69, 9.17) is 17.3 Å². The summed E-state index contributed by atoms with van der Waals surface area (Å²) in [6.45, 7) is 4.32. The maximum atomic E-state index is 14.4. The predicted molar refractivity (Wildman–Crippen MR) is 150 cm³/mol. The molecule has 202 valence electrons. The number of rotatable bonds is 8. The monoisotopic (exact) mass is 549 g/mol. The molecule has 9 nitrogen and oxygen atoms in total. The van der Waals surface area contributed by atoms with E-state index < -0.39 is 12.0 Å². The number of nitrogens with one attached hydrogen (secondary N) is 1. The molecule has 11 heteroatoms. The molecule has 4 N–H and O–H groups in total. The Kier molecular flexibility index (Phi) is 7.87. The number of anilines is 2. The second-order valence-corrected chi connectivity index (χ2v) is 9.89. The highest BCUT2D eigenvalue weighted by molar-refractivity contribution is 6.34. The van der Waals surface area contributed by atoms with E-state index in [1.54, 1.807) is 36.8 Å². The van der Waals surface area contributed by atoms with E-state index in [2.05, 4.69) is 20.3 Å². The second-order valence-electron chi connectivity index (χ2n) is 9.49. The van der Waals surface area contributed by atoms with Crippen LogP contribution in [0.1, 0.15) is 18.5 Å². The number of carbonyl (C=O) groups is 1. The molecule has 0 bridgehead atoms. The van der Waals surface area contributed by atoms with Crippen LogP contribution in [0.15, 0.2) is 61.1 Å². The molecule has 3 heterocycles. The Balaban J connectivity index is 1.36. The zero-order valence-electron chi connectivity index (χ0n) is 21.4. The number of nitrogens with two attached hydrogens (primary N) is 1. The molecule has 1 unspecified atom stereocenters. The maximum absolute atomic E-state index is 14.4. The van der Waals surface area contributed by atoms with Gasteiger partial charge in [0, 0.05) is 67.8 Å². The number of nitrogens with zero attached hydrogens (tertiary/aromatic N) is 5. The number of halogens is 2. The number of benzene rings is 2. The van der Waals surface area contributed by atoms with E-state index in [9.17, 15) is 14.3 Å². The molecule has 1 aliphatic rings. The van der Waals surface area contributed by atoms with Gasteiger partial charge in [-0.25, -0.2) is 14.4 Å². The van der Waals surface area contributed by atoms with Crippen LogP contribution in [0, 0.1) is 5.82 Å². The predicted octanol–water partition coefficient (Wildman–Crippen LogP) is 4.19. The van der Waals surface area contributed by atoms with Crippen molar-refractivity contribution in [1.82, 2.24) is 19.9 Å². The fourth-order valence-corrected chi connectivity index (χ4v) is 5.09. The van der Waals surface area contributed by atoms with Crippen LogP contribution in [-0.2, 0) is 4.79 Å². The summed E-state index contributed by atoms with van der Waals surface area (Å²) < 4.78 is 14.4. The number of pyridine rings is 1. The third kappa shape index (κ3) is 5.63. The summed E-state index contributed by atoms with van der Waals surface area (Å²) in [7, 11) is 0. The number of hydrogen-bond acceptors (Lipinski definition) is 8. The van der Waals surface area contributed by atoms with E-state index in [1.807, 2.05) is 34.9 Å². The van der Waals surface area contributed by atoms with Crippen molar-refractivity contribution in [1.29, 1.82) is 0 Å². The van der Waals surface area contributed by atoms with E-state index in [0.717, 1.165) is 22.0 Å². The molecular formula is C28H29ClFN7O2. The van der Waals surface area contributed by atoms with Gasteiger partial charge in [0.15, 0.2) is 0 Å². The molecule has 0 spiro atoms. The van der Waals surface area contributed by atoms with Crippen LogP contribution in [0.4, 0.5) is 16.0 Å². The smallest absolute Gasteiger partial charge is 0.322 e. The zero-order chi connectivity index (χ0) is 27.5. The molecule has 2 aromatic carbocycles. The lowest BCUT2D eigenvalue weighted by molar-refractivity contribution is -0.143. The average molecular weight is 550 g/mol. The van der Waals surface area contributed by atoms with Crippen LogP contribution in [0.2, 0.25) is 5.02 Å². The number of hydrogen-bond donors (Lipinski definition) is 3. The number of fused-ring (bicyclic) bond motifs is 1. The summed E-state index contributed by atoms with van der Waals surface area (Å²) in [5.41, 5.74) is 9.31.